The number of nitrogen functional groups attached to an aromatic ring is 1. The zero-order chi connectivity index (χ0) is 18.3. The normalized spacial score (nSPS) is 17.8. The molecule has 0 atom stereocenters. The van der Waals surface area contributed by atoms with Gasteiger partial charge >= 0.3 is 0 Å². The highest BCUT2D eigenvalue weighted by atomic mass is 32.2. The summed E-state index contributed by atoms with van der Waals surface area (Å²) < 4.78 is 40.6. The fraction of sp³-hybridized carbons (Fsp3) is 0.222. The van der Waals surface area contributed by atoms with E-state index in [2.05, 4.69) is 21.0 Å². The molecule has 2 heterocycles. The van der Waals surface area contributed by atoms with Crippen LogP contribution >= 0.6 is 0 Å². The summed E-state index contributed by atoms with van der Waals surface area (Å²) in [7, 11) is -4.19. The van der Waals surface area contributed by atoms with Crippen molar-refractivity contribution in [3.05, 3.63) is 53.1 Å². The van der Waals surface area contributed by atoms with E-state index in [0.717, 1.165) is 30.9 Å². The Morgan fingerprint density at radius 2 is 2.00 bits per heavy atom. The summed E-state index contributed by atoms with van der Waals surface area (Å²) in [5, 5.41) is 0. The molecule has 0 aliphatic heterocycles. The highest BCUT2D eigenvalue weighted by Crippen LogP contribution is 2.37. The fourth-order valence-electron chi connectivity index (χ4n) is 3.31. The number of aromatic nitrogens is 3. The molecule has 2 aliphatic rings. The fourth-order valence-corrected chi connectivity index (χ4v) is 4.88. The average molecular weight is 372 g/mol. The quantitative estimate of drug-likeness (QED) is 0.857. The minimum absolute atomic E-state index is 0.0673. The van der Waals surface area contributed by atoms with E-state index in [1.807, 2.05) is 0 Å². The predicted octanol–water partition coefficient (Wildman–Crippen LogP) is 3.58. The van der Waals surface area contributed by atoms with Crippen LogP contribution in [0.1, 0.15) is 31.4 Å². The van der Waals surface area contributed by atoms with Gasteiger partial charge in [0, 0.05) is 0 Å². The van der Waals surface area contributed by atoms with Gasteiger partial charge in [-0.3, -0.25) is 0 Å². The van der Waals surface area contributed by atoms with E-state index in [1.165, 1.54) is 12.4 Å². The standard InChI is InChI=1S/C18H17FN4O2S/c19-12-8-2-1-3-9-13(12)26(24,25)17-16-15(23-18(17)20)14(21-10-22-16)11-6-4-5-7-11/h2-3,6,8-10,23H,1,4-5,7,20H2. The van der Waals surface area contributed by atoms with Crippen LogP contribution in [0.5, 0.6) is 0 Å². The Morgan fingerprint density at radius 3 is 2.77 bits per heavy atom. The molecule has 0 fully saturated rings. The van der Waals surface area contributed by atoms with E-state index in [-0.39, 0.29) is 16.2 Å². The zero-order valence-electron chi connectivity index (χ0n) is 13.9. The van der Waals surface area contributed by atoms with Crippen molar-refractivity contribution in [3.8, 4) is 0 Å². The molecular weight excluding hydrogens is 355 g/mol. The summed E-state index contributed by atoms with van der Waals surface area (Å²) in [6, 6.07) is 0. The van der Waals surface area contributed by atoms with Gasteiger partial charge in [-0.15, -0.1) is 0 Å². The second-order valence-electron chi connectivity index (χ2n) is 6.19. The van der Waals surface area contributed by atoms with E-state index in [1.54, 1.807) is 12.2 Å². The van der Waals surface area contributed by atoms with Crippen LogP contribution in [0.2, 0.25) is 0 Å². The second-order valence-corrected chi connectivity index (χ2v) is 8.05. The number of aromatic amines is 1. The molecule has 2 aromatic heterocycles. The largest absolute Gasteiger partial charge is 0.384 e. The summed E-state index contributed by atoms with van der Waals surface area (Å²) in [5.74, 6) is -0.887. The number of hydrogen-bond donors (Lipinski definition) is 2. The molecule has 2 aromatic rings. The average Bonchev–Trinajstić information content (AvgIpc) is 3.18. The molecule has 6 nitrogen and oxygen atoms in total. The van der Waals surface area contributed by atoms with Crippen molar-refractivity contribution in [2.45, 2.75) is 30.6 Å². The Bertz CT molecular complexity index is 1120. The van der Waals surface area contributed by atoms with Gasteiger partial charge in [-0.25, -0.2) is 22.8 Å². The van der Waals surface area contributed by atoms with Crippen molar-refractivity contribution in [1.82, 2.24) is 15.0 Å². The van der Waals surface area contributed by atoms with Gasteiger partial charge < -0.3 is 10.7 Å². The molecule has 2 aliphatic carbocycles. The number of rotatable bonds is 3. The van der Waals surface area contributed by atoms with Crippen LogP contribution in [0.15, 0.2) is 52.3 Å². The van der Waals surface area contributed by atoms with Gasteiger partial charge in [0.2, 0.25) is 9.84 Å². The first-order chi connectivity index (χ1) is 12.5. The van der Waals surface area contributed by atoms with E-state index in [0.29, 0.717) is 17.6 Å². The van der Waals surface area contributed by atoms with E-state index in [4.69, 9.17) is 5.73 Å². The zero-order valence-corrected chi connectivity index (χ0v) is 14.7. The number of nitrogens with zero attached hydrogens (tertiary/aromatic N) is 2. The van der Waals surface area contributed by atoms with E-state index in [9.17, 15) is 12.8 Å². The Morgan fingerprint density at radius 1 is 1.19 bits per heavy atom. The molecule has 0 amide bonds. The number of nitrogens with two attached hydrogens (primary N) is 1. The van der Waals surface area contributed by atoms with Crippen LogP contribution in [-0.4, -0.2) is 23.4 Å². The number of nitrogens with one attached hydrogen (secondary N) is 1. The van der Waals surface area contributed by atoms with Gasteiger partial charge in [-0.1, -0.05) is 18.2 Å². The number of halogens is 1. The molecular formula is C18H17FN4O2S. The first-order valence-corrected chi connectivity index (χ1v) is 9.78. The number of H-pyrrole nitrogens is 1. The summed E-state index contributed by atoms with van der Waals surface area (Å²) in [5.41, 5.74) is 8.31. The number of anilines is 1. The van der Waals surface area contributed by atoms with Gasteiger partial charge in [0.25, 0.3) is 0 Å². The summed E-state index contributed by atoms with van der Waals surface area (Å²) in [4.78, 5) is 10.7. The van der Waals surface area contributed by atoms with Crippen molar-refractivity contribution in [1.29, 1.82) is 0 Å². The molecule has 3 N–H and O–H groups in total. The van der Waals surface area contributed by atoms with Crippen LogP contribution in [0, 0.1) is 0 Å². The number of sulfone groups is 1. The topological polar surface area (TPSA) is 102 Å². The highest BCUT2D eigenvalue weighted by molar-refractivity contribution is 7.95. The van der Waals surface area contributed by atoms with E-state index >= 15 is 0 Å². The molecule has 0 aromatic carbocycles. The third-order valence-electron chi connectivity index (χ3n) is 4.51. The van der Waals surface area contributed by atoms with Gasteiger partial charge in [-0.2, -0.15) is 0 Å². The third kappa shape index (κ3) is 2.57. The second kappa shape index (κ2) is 6.21. The molecule has 134 valence electrons. The third-order valence-corrected chi connectivity index (χ3v) is 6.37. The summed E-state index contributed by atoms with van der Waals surface area (Å²) in [6.45, 7) is 0. The maximum absolute atomic E-state index is 14.3. The van der Waals surface area contributed by atoms with Crippen LogP contribution in [0.4, 0.5) is 10.2 Å². The van der Waals surface area contributed by atoms with Gasteiger partial charge in [0.1, 0.15) is 33.3 Å². The molecule has 0 saturated heterocycles. The van der Waals surface area contributed by atoms with Crippen LogP contribution in [-0.2, 0) is 9.84 Å². The lowest BCUT2D eigenvalue weighted by Crippen LogP contribution is -2.07. The van der Waals surface area contributed by atoms with Crippen molar-refractivity contribution in [2.24, 2.45) is 0 Å². The maximum atomic E-state index is 14.3. The SMILES string of the molecule is Nc1[nH]c2c(C3=CCCC3)ncnc2c1S(=O)(=O)C1=C(F)C=CCC=C1. The number of fused-ring (bicyclic) bond motifs is 1. The van der Waals surface area contributed by atoms with Crippen molar-refractivity contribution >= 4 is 32.3 Å². The van der Waals surface area contributed by atoms with Crippen molar-refractivity contribution < 1.29 is 12.8 Å². The molecule has 0 spiro atoms. The summed E-state index contributed by atoms with van der Waals surface area (Å²) >= 11 is 0. The monoisotopic (exact) mass is 372 g/mol. The molecule has 4 rings (SSSR count). The maximum Gasteiger partial charge on any atom is 0.215 e. The lowest BCUT2D eigenvalue weighted by atomic mass is 10.1. The lowest BCUT2D eigenvalue weighted by molar-refractivity contribution is 0.599. The minimum atomic E-state index is -4.19. The molecule has 26 heavy (non-hydrogen) atoms. The Hall–Kier alpha value is -2.74. The lowest BCUT2D eigenvalue weighted by Gasteiger charge is -2.06. The Balaban J connectivity index is 1.97. The van der Waals surface area contributed by atoms with Crippen LogP contribution in [0.3, 0.4) is 0 Å². The number of hydrogen-bond acceptors (Lipinski definition) is 5. The van der Waals surface area contributed by atoms with Gasteiger partial charge in [-0.05, 0) is 43.4 Å². The van der Waals surface area contributed by atoms with Crippen molar-refractivity contribution in [2.75, 3.05) is 5.73 Å². The molecule has 0 radical (unpaired) electrons. The van der Waals surface area contributed by atoms with Crippen LogP contribution < -0.4 is 5.73 Å². The van der Waals surface area contributed by atoms with Crippen molar-refractivity contribution in [3.63, 3.8) is 0 Å². The molecule has 8 heteroatoms. The Labute approximate surface area is 150 Å². The first-order valence-electron chi connectivity index (χ1n) is 8.29. The van der Waals surface area contributed by atoms with E-state index < -0.39 is 20.6 Å². The Kier molecular flexibility index (Phi) is 3.99. The molecule has 0 unspecified atom stereocenters. The molecule has 0 bridgehead atoms. The predicted molar refractivity (Wildman–Crippen MR) is 98.3 cm³/mol. The van der Waals surface area contributed by atoms with Crippen LogP contribution in [0.25, 0.3) is 16.6 Å². The minimum Gasteiger partial charge on any atom is -0.384 e. The number of allylic oxidation sites excluding steroid dienone is 7. The molecule has 0 saturated carbocycles. The van der Waals surface area contributed by atoms with Gasteiger partial charge in [0.15, 0.2) is 0 Å². The highest BCUT2D eigenvalue weighted by Gasteiger charge is 2.31. The summed E-state index contributed by atoms with van der Waals surface area (Å²) in [6.07, 6.45) is 12.3. The van der Waals surface area contributed by atoms with Gasteiger partial charge in [0.05, 0.1) is 11.2 Å². The first kappa shape index (κ1) is 16.7. The smallest absolute Gasteiger partial charge is 0.215 e.